The Kier molecular flexibility index (Phi) is 7.43. The van der Waals surface area contributed by atoms with Gasteiger partial charge in [-0.25, -0.2) is 9.97 Å². The molecule has 7 rings (SSSR count). The van der Waals surface area contributed by atoms with E-state index in [2.05, 4.69) is 49.8 Å². The van der Waals surface area contributed by atoms with Gasteiger partial charge in [0.15, 0.2) is 0 Å². The predicted octanol–water partition coefficient (Wildman–Crippen LogP) is 6.17. The maximum absolute atomic E-state index is 13.0. The summed E-state index contributed by atoms with van der Waals surface area (Å²) in [5.41, 5.74) is 7.70. The molecule has 1 aliphatic heterocycles. The standard InChI is InChI=1S/C35H34N6O2/c42-28-11-5-24(6-12-28)21-32-35(43)39-29-22-31-33(23-30(29)37-32)41(20-4-19-40-17-2-1-3-18-40)34(38-31)27-9-7-25(8-10-27)26-13-15-36-16-14-26/h5-16,22-23,42H,1-4,17-21H2,(H,39,43). The number of phenolic OH excluding ortho intramolecular Hbond substituents is 1. The molecule has 1 aliphatic rings. The number of phenols is 1. The number of likely N-dealkylation sites (tertiary alicyclic amines) is 1. The molecule has 6 aromatic rings. The molecule has 216 valence electrons. The zero-order valence-corrected chi connectivity index (χ0v) is 24.0. The normalized spacial score (nSPS) is 14.0. The smallest absolute Gasteiger partial charge is 0.270 e. The molecule has 0 atom stereocenters. The number of H-pyrrole nitrogens is 1. The number of rotatable bonds is 8. The van der Waals surface area contributed by atoms with Crippen LogP contribution in [0.4, 0.5) is 0 Å². The molecule has 43 heavy (non-hydrogen) atoms. The molecule has 1 fully saturated rings. The van der Waals surface area contributed by atoms with Gasteiger partial charge in [0.2, 0.25) is 0 Å². The Morgan fingerprint density at radius 3 is 2.26 bits per heavy atom. The molecule has 0 amide bonds. The third-order valence-electron chi connectivity index (χ3n) is 8.40. The average molecular weight is 571 g/mol. The molecule has 2 N–H and O–H groups in total. The van der Waals surface area contributed by atoms with Crippen molar-refractivity contribution in [3.05, 3.63) is 107 Å². The van der Waals surface area contributed by atoms with E-state index in [0.717, 1.165) is 64.1 Å². The number of aromatic nitrogens is 5. The van der Waals surface area contributed by atoms with E-state index in [0.29, 0.717) is 17.6 Å². The monoisotopic (exact) mass is 570 g/mol. The molecular weight excluding hydrogens is 536 g/mol. The van der Waals surface area contributed by atoms with E-state index in [1.165, 1.54) is 32.4 Å². The fourth-order valence-corrected chi connectivity index (χ4v) is 6.11. The second-order valence-corrected chi connectivity index (χ2v) is 11.4. The van der Waals surface area contributed by atoms with E-state index in [1.807, 2.05) is 42.7 Å². The highest BCUT2D eigenvalue weighted by Crippen LogP contribution is 2.30. The number of aromatic hydroxyl groups is 1. The van der Waals surface area contributed by atoms with Gasteiger partial charge in [0.05, 0.1) is 22.1 Å². The van der Waals surface area contributed by atoms with Crippen molar-refractivity contribution in [2.24, 2.45) is 0 Å². The molecule has 0 saturated carbocycles. The van der Waals surface area contributed by atoms with Crippen LogP contribution in [0.3, 0.4) is 0 Å². The molecular formula is C35H34N6O2. The first-order valence-corrected chi connectivity index (χ1v) is 15.0. The van der Waals surface area contributed by atoms with Gasteiger partial charge in [-0.15, -0.1) is 0 Å². The summed E-state index contributed by atoms with van der Waals surface area (Å²) in [5, 5.41) is 9.63. The third kappa shape index (κ3) is 5.79. The van der Waals surface area contributed by atoms with Gasteiger partial charge in [-0.05, 0) is 92.0 Å². The van der Waals surface area contributed by atoms with E-state index in [4.69, 9.17) is 9.97 Å². The average Bonchev–Trinajstić information content (AvgIpc) is 3.39. The van der Waals surface area contributed by atoms with Crippen LogP contribution in [-0.2, 0) is 13.0 Å². The lowest BCUT2D eigenvalue weighted by Crippen LogP contribution is -2.31. The SMILES string of the molecule is O=c1[nH]c2cc3nc(-c4ccc(-c5ccncc5)cc4)n(CCCN4CCCCC4)c3cc2nc1Cc1ccc(O)cc1. The number of fused-ring (bicyclic) bond motifs is 2. The van der Waals surface area contributed by atoms with Crippen LogP contribution in [0, 0.1) is 0 Å². The molecule has 0 aliphatic carbocycles. The first-order chi connectivity index (χ1) is 21.1. The molecule has 8 heteroatoms. The van der Waals surface area contributed by atoms with Gasteiger partial charge >= 0.3 is 0 Å². The van der Waals surface area contributed by atoms with Crippen molar-refractivity contribution < 1.29 is 5.11 Å². The Balaban J connectivity index is 1.27. The molecule has 0 unspecified atom stereocenters. The lowest BCUT2D eigenvalue weighted by molar-refractivity contribution is 0.223. The van der Waals surface area contributed by atoms with Gasteiger partial charge in [-0.2, -0.15) is 0 Å². The van der Waals surface area contributed by atoms with Gasteiger partial charge in [0.25, 0.3) is 5.56 Å². The minimum Gasteiger partial charge on any atom is -0.508 e. The van der Waals surface area contributed by atoms with Crippen LogP contribution in [0.1, 0.15) is 36.9 Å². The number of benzene rings is 3. The number of hydrogen-bond acceptors (Lipinski definition) is 6. The van der Waals surface area contributed by atoms with Gasteiger partial charge in [0, 0.05) is 30.9 Å². The maximum atomic E-state index is 13.0. The summed E-state index contributed by atoms with van der Waals surface area (Å²) in [6.45, 7) is 4.26. The third-order valence-corrected chi connectivity index (χ3v) is 8.40. The van der Waals surface area contributed by atoms with Crippen LogP contribution >= 0.6 is 0 Å². The van der Waals surface area contributed by atoms with Crippen LogP contribution < -0.4 is 5.56 Å². The van der Waals surface area contributed by atoms with Crippen LogP contribution in [0.5, 0.6) is 5.75 Å². The highest BCUT2D eigenvalue weighted by molar-refractivity contribution is 5.93. The lowest BCUT2D eigenvalue weighted by atomic mass is 10.0. The predicted molar refractivity (Wildman–Crippen MR) is 170 cm³/mol. The summed E-state index contributed by atoms with van der Waals surface area (Å²) in [5.74, 6) is 1.11. The number of aromatic amines is 1. The Bertz CT molecular complexity index is 1920. The van der Waals surface area contributed by atoms with Gasteiger partial charge in [-0.3, -0.25) is 9.78 Å². The van der Waals surface area contributed by atoms with E-state index in [9.17, 15) is 9.90 Å². The van der Waals surface area contributed by atoms with E-state index >= 15 is 0 Å². The van der Waals surface area contributed by atoms with Gasteiger partial charge in [0.1, 0.15) is 17.3 Å². The Morgan fingerprint density at radius 2 is 1.49 bits per heavy atom. The number of pyridine rings is 1. The lowest BCUT2D eigenvalue weighted by Gasteiger charge is -2.26. The molecule has 0 radical (unpaired) electrons. The minimum absolute atomic E-state index is 0.197. The molecule has 8 nitrogen and oxygen atoms in total. The summed E-state index contributed by atoms with van der Waals surface area (Å²) < 4.78 is 2.31. The molecule has 0 spiro atoms. The fraction of sp³-hybridized carbons (Fsp3) is 0.257. The largest absolute Gasteiger partial charge is 0.508 e. The molecule has 3 aromatic heterocycles. The number of aryl methyl sites for hydroxylation is 1. The van der Waals surface area contributed by atoms with Gasteiger partial charge in [-0.1, -0.05) is 42.8 Å². The Hall–Kier alpha value is -4.82. The summed E-state index contributed by atoms with van der Waals surface area (Å²) in [7, 11) is 0. The van der Waals surface area contributed by atoms with E-state index < -0.39 is 0 Å². The molecule has 1 saturated heterocycles. The second-order valence-electron chi connectivity index (χ2n) is 11.4. The van der Waals surface area contributed by atoms with Crippen LogP contribution in [-0.4, -0.2) is 54.1 Å². The van der Waals surface area contributed by atoms with E-state index in [-0.39, 0.29) is 11.3 Å². The van der Waals surface area contributed by atoms with E-state index in [1.54, 1.807) is 12.1 Å². The molecule has 0 bridgehead atoms. The van der Waals surface area contributed by atoms with Crippen LogP contribution in [0.2, 0.25) is 0 Å². The van der Waals surface area contributed by atoms with Crippen molar-refractivity contribution in [3.8, 4) is 28.3 Å². The van der Waals surface area contributed by atoms with Crippen LogP contribution in [0.15, 0.2) is 90.0 Å². The van der Waals surface area contributed by atoms with Crippen molar-refractivity contribution in [2.45, 2.75) is 38.6 Å². The number of nitrogens with one attached hydrogen (secondary N) is 1. The molecule has 4 heterocycles. The van der Waals surface area contributed by atoms with Crippen molar-refractivity contribution >= 4 is 22.1 Å². The fourth-order valence-electron chi connectivity index (χ4n) is 6.11. The first kappa shape index (κ1) is 27.0. The summed E-state index contributed by atoms with van der Waals surface area (Å²) in [6, 6.07) is 23.4. The highest BCUT2D eigenvalue weighted by atomic mass is 16.3. The van der Waals surface area contributed by atoms with Crippen molar-refractivity contribution in [3.63, 3.8) is 0 Å². The minimum atomic E-state index is -0.215. The Morgan fingerprint density at radius 1 is 0.767 bits per heavy atom. The number of hydrogen-bond donors (Lipinski definition) is 2. The molecule has 3 aromatic carbocycles. The van der Waals surface area contributed by atoms with Crippen molar-refractivity contribution in [1.29, 1.82) is 0 Å². The number of nitrogens with zero attached hydrogens (tertiary/aromatic N) is 5. The van der Waals surface area contributed by atoms with Crippen LogP contribution in [0.25, 0.3) is 44.6 Å². The zero-order valence-electron chi connectivity index (χ0n) is 24.0. The maximum Gasteiger partial charge on any atom is 0.270 e. The van der Waals surface area contributed by atoms with Crippen molar-refractivity contribution in [2.75, 3.05) is 19.6 Å². The summed E-state index contributed by atoms with van der Waals surface area (Å²) in [4.78, 5) is 32.6. The Labute approximate surface area is 249 Å². The zero-order chi connectivity index (χ0) is 29.2. The number of imidazole rings is 1. The quantitative estimate of drug-likeness (QED) is 0.227. The number of piperidine rings is 1. The highest BCUT2D eigenvalue weighted by Gasteiger charge is 2.17. The summed E-state index contributed by atoms with van der Waals surface area (Å²) >= 11 is 0. The first-order valence-electron chi connectivity index (χ1n) is 15.0. The summed E-state index contributed by atoms with van der Waals surface area (Å²) in [6.07, 6.45) is 8.93. The van der Waals surface area contributed by atoms with Crippen molar-refractivity contribution in [1.82, 2.24) is 29.4 Å². The topological polar surface area (TPSA) is 99.9 Å². The second kappa shape index (κ2) is 11.8. The van der Waals surface area contributed by atoms with Gasteiger partial charge < -0.3 is 19.6 Å².